The predicted octanol–water partition coefficient (Wildman–Crippen LogP) is 3.64. The van der Waals surface area contributed by atoms with Crippen LogP contribution in [0.2, 0.25) is 0 Å². The van der Waals surface area contributed by atoms with Crippen LogP contribution in [0.1, 0.15) is 55.3 Å². The zero-order valence-corrected chi connectivity index (χ0v) is 21.1. The second-order valence-corrected chi connectivity index (χ2v) is 9.67. The van der Waals surface area contributed by atoms with Crippen LogP contribution in [-0.4, -0.2) is 69.2 Å². The highest BCUT2D eigenvalue weighted by Gasteiger charge is 2.27. The lowest BCUT2D eigenvalue weighted by molar-refractivity contribution is -0.122. The van der Waals surface area contributed by atoms with Gasteiger partial charge in [-0.05, 0) is 56.0 Å². The van der Waals surface area contributed by atoms with E-state index in [0.29, 0.717) is 29.8 Å². The molecule has 5 rings (SSSR count). The van der Waals surface area contributed by atoms with E-state index in [1.54, 1.807) is 18.7 Å². The van der Waals surface area contributed by atoms with Crippen LogP contribution >= 0.6 is 0 Å². The number of carbonyl (C=O) groups excluding carboxylic acids is 1. The second-order valence-electron chi connectivity index (χ2n) is 9.67. The number of likely N-dealkylation sites (N-methyl/N-ethyl adjacent to an activating group) is 1. The normalized spacial score (nSPS) is 15.4. The zero-order valence-electron chi connectivity index (χ0n) is 21.1. The summed E-state index contributed by atoms with van der Waals surface area (Å²) in [5.41, 5.74) is 7.50. The molecule has 9 nitrogen and oxygen atoms in total. The van der Waals surface area contributed by atoms with Gasteiger partial charge in [-0.3, -0.25) is 14.7 Å². The number of nitrogens with zero attached hydrogens (tertiary/aromatic N) is 5. The van der Waals surface area contributed by atoms with Crippen LogP contribution < -0.4 is 10.1 Å². The largest absolute Gasteiger partial charge is 0.493 e. The molecular formula is C26H33N7O2. The number of amides is 1. The summed E-state index contributed by atoms with van der Waals surface area (Å²) >= 11 is 0. The van der Waals surface area contributed by atoms with Gasteiger partial charge in [-0.1, -0.05) is 13.8 Å². The number of pyridine rings is 2. The number of carbonyl (C=O) groups is 1. The topological polar surface area (TPSA) is 100 Å². The van der Waals surface area contributed by atoms with Crippen molar-refractivity contribution in [1.82, 2.24) is 34.8 Å². The summed E-state index contributed by atoms with van der Waals surface area (Å²) in [5.74, 6) is 1.46. The smallest absolute Gasteiger partial charge is 0.233 e. The van der Waals surface area contributed by atoms with Crippen LogP contribution in [0.5, 0.6) is 5.75 Å². The molecule has 1 saturated heterocycles. The van der Waals surface area contributed by atoms with E-state index in [-0.39, 0.29) is 5.91 Å². The first kappa shape index (κ1) is 23.3. The number of hydrogen-bond acceptors (Lipinski definition) is 6. The molecule has 1 aliphatic heterocycles. The molecule has 0 spiro atoms. The minimum Gasteiger partial charge on any atom is -0.493 e. The summed E-state index contributed by atoms with van der Waals surface area (Å²) < 4.78 is 7.36. The highest BCUT2D eigenvalue weighted by molar-refractivity contribution is 5.94. The van der Waals surface area contributed by atoms with E-state index in [1.807, 2.05) is 18.5 Å². The number of hydrogen-bond donors (Lipinski definition) is 2. The summed E-state index contributed by atoms with van der Waals surface area (Å²) in [6.07, 6.45) is 7.52. The van der Waals surface area contributed by atoms with Crippen LogP contribution in [-0.2, 0) is 4.79 Å². The summed E-state index contributed by atoms with van der Waals surface area (Å²) in [7, 11) is 3.35. The lowest BCUT2D eigenvalue weighted by atomic mass is 9.87. The number of methoxy groups -OCH3 is 1. The molecule has 0 atom stereocenters. The van der Waals surface area contributed by atoms with Crippen LogP contribution in [0.15, 0.2) is 24.8 Å². The Balaban J connectivity index is 1.54. The fourth-order valence-corrected chi connectivity index (χ4v) is 5.44. The molecule has 0 aromatic carbocycles. The van der Waals surface area contributed by atoms with Gasteiger partial charge in [0.25, 0.3) is 0 Å². The number of H-pyrrole nitrogens is 1. The molecule has 5 heterocycles. The van der Waals surface area contributed by atoms with Crippen molar-refractivity contribution >= 4 is 22.5 Å². The SMILES string of the molecule is CNC(=O)CN1CCC(c2ncc3[nH]c(-c4cc(OC)c5ncnn5c4)c(C(C)C)c3c2C)CC1. The van der Waals surface area contributed by atoms with Crippen molar-refractivity contribution in [3.63, 3.8) is 0 Å². The average molecular weight is 476 g/mol. The van der Waals surface area contributed by atoms with Gasteiger partial charge in [0.05, 0.1) is 31.1 Å². The van der Waals surface area contributed by atoms with Gasteiger partial charge in [-0.25, -0.2) is 9.50 Å². The summed E-state index contributed by atoms with van der Waals surface area (Å²) in [4.78, 5) is 26.9. The monoisotopic (exact) mass is 475 g/mol. The van der Waals surface area contributed by atoms with E-state index in [0.717, 1.165) is 42.7 Å². The number of likely N-dealkylation sites (tertiary alicyclic amines) is 1. The molecule has 4 aromatic heterocycles. The number of nitrogens with one attached hydrogen (secondary N) is 2. The van der Waals surface area contributed by atoms with Crippen LogP contribution in [0, 0.1) is 6.92 Å². The maximum Gasteiger partial charge on any atom is 0.233 e. The van der Waals surface area contributed by atoms with Crippen molar-refractivity contribution in [1.29, 1.82) is 0 Å². The van der Waals surface area contributed by atoms with Gasteiger partial charge in [0.1, 0.15) is 6.33 Å². The Bertz CT molecular complexity index is 1380. The molecule has 4 aromatic rings. The molecule has 35 heavy (non-hydrogen) atoms. The van der Waals surface area contributed by atoms with Crippen molar-refractivity contribution in [2.45, 2.75) is 45.4 Å². The van der Waals surface area contributed by atoms with Crippen molar-refractivity contribution in [2.24, 2.45) is 0 Å². The molecule has 2 N–H and O–H groups in total. The molecule has 0 bridgehead atoms. The fourth-order valence-electron chi connectivity index (χ4n) is 5.44. The van der Waals surface area contributed by atoms with Gasteiger partial charge in [-0.2, -0.15) is 5.10 Å². The van der Waals surface area contributed by atoms with Crippen LogP contribution in [0.4, 0.5) is 0 Å². The Kier molecular flexibility index (Phi) is 6.19. The summed E-state index contributed by atoms with van der Waals surface area (Å²) in [5, 5.41) is 8.31. The Morgan fingerprint density at radius 3 is 2.74 bits per heavy atom. The van der Waals surface area contributed by atoms with E-state index in [1.165, 1.54) is 28.5 Å². The Labute approximate surface area is 204 Å². The third-order valence-electron chi connectivity index (χ3n) is 7.21. The van der Waals surface area contributed by atoms with E-state index in [2.05, 4.69) is 46.1 Å². The Hall–Kier alpha value is -3.46. The van der Waals surface area contributed by atoms with Crippen molar-refractivity contribution in [2.75, 3.05) is 33.8 Å². The average Bonchev–Trinajstić information content (AvgIpc) is 3.49. The Morgan fingerprint density at radius 1 is 1.29 bits per heavy atom. The number of aryl methyl sites for hydroxylation is 1. The van der Waals surface area contributed by atoms with Crippen molar-refractivity contribution in [3.8, 4) is 17.0 Å². The number of aromatic amines is 1. The van der Waals surface area contributed by atoms with Gasteiger partial charge < -0.3 is 15.0 Å². The van der Waals surface area contributed by atoms with Crippen molar-refractivity contribution in [3.05, 3.63) is 41.6 Å². The number of rotatable bonds is 6. The molecule has 0 radical (unpaired) electrons. The van der Waals surface area contributed by atoms with Gasteiger partial charge >= 0.3 is 0 Å². The van der Waals surface area contributed by atoms with E-state index < -0.39 is 0 Å². The molecule has 1 fully saturated rings. The first-order valence-electron chi connectivity index (χ1n) is 12.2. The number of ether oxygens (including phenoxy) is 1. The maximum absolute atomic E-state index is 11.8. The lowest BCUT2D eigenvalue weighted by Gasteiger charge is -2.31. The molecule has 0 unspecified atom stereocenters. The van der Waals surface area contributed by atoms with Gasteiger partial charge in [0.15, 0.2) is 11.4 Å². The minimum absolute atomic E-state index is 0.0707. The summed E-state index contributed by atoms with van der Waals surface area (Å²) in [6.45, 7) is 8.94. The predicted molar refractivity (Wildman–Crippen MR) is 136 cm³/mol. The molecular weight excluding hydrogens is 442 g/mol. The third kappa shape index (κ3) is 4.14. The number of fused-ring (bicyclic) bond motifs is 2. The van der Waals surface area contributed by atoms with Gasteiger partial charge in [0.2, 0.25) is 5.91 Å². The van der Waals surface area contributed by atoms with Crippen LogP contribution in [0.3, 0.4) is 0 Å². The highest BCUT2D eigenvalue weighted by Crippen LogP contribution is 2.40. The molecule has 0 saturated carbocycles. The van der Waals surface area contributed by atoms with Crippen LogP contribution in [0.25, 0.3) is 27.8 Å². The quantitative estimate of drug-likeness (QED) is 0.442. The minimum atomic E-state index is 0.0707. The van der Waals surface area contributed by atoms with E-state index in [4.69, 9.17) is 9.72 Å². The van der Waals surface area contributed by atoms with Gasteiger partial charge in [0, 0.05) is 35.8 Å². The summed E-state index contributed by atoms with van der Waals surface area (Å²) in [6, 6.07) is 2.02. The number of piperidine rings is 1. The highest BCUT2D eigenvalue weighted by atomic mass is 16.5. The number of aromatic nitrogens is 5. The van der Waals surface area contributed by atoms with E-state index in [9.17, 15) is 4.79 Å². The lowest BCUT2D eigenvalue weighted by Crippen LogP contribution is -2.40. The molecule has 0 aliphatic carbocycles. The molecule has 1 aliphatic rings. The molecule has 9 heteroatoms. The fraction of sp³-hybridized carbons (Fsp3) is 0.462. The first-order valence-corrected chi connectivity index (χ1v) is 12.2. The second kappa shape index (κ2) is 9.30. The maximum atomic E-state index is 11.8. The zero-order chi connectivity index (χ0) is 24.7. The van der Waals surface area contributed by atoms with Gasteiger partial charge in [-0.15, -0.1) is 0 Å². The first-order chi connectivity index (χ1) is 16.9. The standard InChI is InChI=1S/C26H33N7O2/c1-15(2)22-23-16(3)24(17-6-8-32(9-7-17)13-21(34)27-4)28-11-19(23)31-25(22)18-10-20(35-5)26-29-14-30-33(26)12-18/h10-12,14-15,17,31H,6-9,13H2,1-5H3,(H,27,34). The Morgan fingerprint density at radius 2 is 2.06 bits per heavy atom. The molecule has 1 amide bonds. The van der Waals surface area contributed by atoms with E-state index >= 15 is 0 Å². The van der Waals surface area contributed by atoms with Crippen molar-refractivity contribution < 1.29 is 9.53 Å². The molecule has 184 valence electrons. The third-order valence-corrected chi connectivity index (χ3v) is 7.21.